The largest absolute Gasteiger partial charge is 0.378 e. The average Bonchev–Trinajstić information content (AvgIpc) is 3.28. The highest BCUT2D eigenvalue weighted by Crippen LogP contribution is 2.21. The normalized spacial score (nSPS) is 19.1. The lowest BCUT2D eigenvalue weighted by Crippen LogP contribution is -2.44. The minimum Gasteiger partial charge on any atom is -0.378 e. The van der Waals surface area contributed by atoms with Gasteiger partial charge in [0.1, 0.15) is 5.82 Å². The smallest absolute Gasteiger partial charge is 0.191 e. The molecule has 0 bridgehead atoms. The zero-order valence-electron chi connectivity index (χ0n) is 18.2. The van der Waals surface area contributed by atoms with Gasteiger partial charge in [0.25, 0.3) is 0 Å². The van der Waals surface area contributed by atoms with E-state index in [0.29, 0.717) is 12.6 Å². The summed E-state index contributed by atoms with van der Waals surface area (Å²) < 4.78 is 5.49. The first-order valence-corrected chi connectivity index (χ1v) is 10.9. The number of benzene rings is 1. The van der Waals surface area contributed by atoms with E-state index in [2.05, 4.69) is 68.7 Å². The van der Waals surface area contributed by atoms with E-state index in [-0.39, 0.29) is 24.0 Å². The Kier molecular flexibility index (Phi) is 9.20. The number of aliphatic imine (C=N–C) groups is 1. The molecule has 0 radical (unpaired) electrons. The van der Waals surface area contributed by atoms with E-state index < -0.39 is 0 Å². The molecule has 0 aliphatic carbocycles. The number of aromatic nitrogens is 1. The number of ether oxygens (including phenoxy) is 1. The molecule has 8 heteroatoms. The predicted molar refractivity (Wildman–Crippen MR) is 138 cm³/mol. The lowest BCUT2D eigenvalue weighted by molar-refractivity contribution is 0.122. The number of anilines is 2. The molecular weight excluding hydrogens is 503 g/mol. The van der Waals surface area contributed by atoms with Gasteiger partial charge < -0.3 is 25.2 Å². The van der Waals surface area contributed by atoms with E-state index in [1.54, 1.807) is 0 Å². The maximum atomic E-state index is 5.49. The molecule has 2 aliphatic heterocycles. The van der Waals surface area contributed by atoms with Crippen molar-refractivity contribution in [2.24, 2.45) is 4.99 Å². The van der Waals surface area contributed by atoms with Gasteiger partial charge in [-0.3, -0.25) is 0 Å². The van der Waals surface area contributed by atoms with Crippen LogP contribution in [0.25, 0.3) is 0 Å². The van der Waals surface area contributed by atoms with Gasteiger partial charge in [0.2, 0.25) is 0 Å². The van der Waals surface area contributed by atoms with Gasteiger partial charge >= 0.3 is 0 Å². The molecule has 31 heavy (non-hydrogen) atoms. The second-order valence-corrected chi connectivity index (χ2v) is 7.69. The van der Waals surface area contributed by atoms with Crippen LogP contribution in [0, 0.1) is 0 Å². The number of hydrogen-bond donors (Lipinski definition) is 2. The monoisotopic (exact) mass is 536 g/mol. The Labute approximate surface area is 202 Å². The molecule has 7 nitrogen and oxygen atoms in total. The summed E-state index contributed by atoms with van der Waals surface area (Å²) in [6, 6.07) is 15.1. The van der Waals surface area contributed by atoms with Crippen LogP contribution in [0.2, 0.25) is 0 Å². The Morgan fingerprint density at radius 1 is 1.10 bits per heavy atom. The average molecular weight is 536 g/mol. The number of nitrogens with zero attached hydrogens (tertiary/aromatic N) is 4. The summed E-state index contributed by atoms with van der Waals surface area (Å²) in [5.41, 5.74) is 2.43. The summed E-state index contributed by atoms with van der Waals surface area (Å²) in [5, 5.41) is 7.03. The molecule has 168 valence electrons. The first kappa shape index (κ1) is 23.6. The van der Waals surface area contributed by atoms with Crippen LogP contribution in [0.5, 0.6) is 0 Å². The lowest BCUT2D eigenvalue weighted by Gasteiger charge is -2.29. The molecule has 0 spiro atoms. The molecule has 1 aromatic heterocycles. The Morgan fingerprint density at radius 2 is 1.90 bits per heavy atom. The quantitative estimate of drug-likeness (QED) is 0.337. The van der Waals surface area contributed by atoms with E-state index in [9.17, 15) is 0 Å². The fraction of sp³-hybridized carbons (Fsp3) is 0.478. The SMILES string of the molecule is CCNC(=NCc1cccnc1N1CCOCC1)NC1CCN(c2ccccc2)C1.I. The Morgan fingerprint density at radius 3 is 2.68 bits per heavy atom. The standard InChI is InChI=1S/C23H32N6O.HI/c1-2-24-23(27-20-10-12-29(18-20)21-8-4-3-5-9-21)26-17-19-7-6-11-25-22(19)28-13-15-30-16-14-28;/h3-9,11,20H,2,10,12-18H2,1H3,(H2,24,26,27);1H. The lowest BCUT2D eigenvalue weighted by atomic mass is 10.2. The van der Waals surface area contributed by atoms with Crippen molar-refractivity contribution < 1.29 is 4.74 Å². The van der Waals surface area contributed by atoms with Gasteiger partial charge in [-0.05, 0) is 31.5 Å². The van der Waals surface area contributed by atoms with Crippen molar-refractivity contribution in [2.75, 3.05) is 55.7 Å². The number of halogens is 1. The van der Waals surface area contributed by atoms with E-state index in [4.69, 9.17) is 9.73 Å². The van der Waals surface area contributed by atoms with Crippen molar-refractivity contribution in [1.82, 2.24) is 15.6 Å². The predicted octanol–water partition coefficient (Wildman–Crippen LogP) is 2.87. The molecule has 2 saturated heterocycles. The maximum Gasteiger partial charge on any atom is 0.191 e. The summed E-state index contributed by atoms with van der Waals surface area (Å²) in [6.45, 7) is 8.85. The van der Waals surface area contributed by atoms with Crippen molar-refractivity contribution >= 4 is 41.4 Å². The summed E-state index contributed by atoms with van der Waals surface area (Å²) >= 11 is 0. The maximum absolute atomic E-state index is 5.49. The number of nitrogens with one attached hydrogen (secondary N) is 2. The number of morpholine rings is 1. The van der Waals surface area contributed by atoms with Crippen molar-refractivity contribution in [3.8, 4) is 0 Å². The Balaban J connectivity index is 0.00000272. The zero-order valence-corrected chi connectivity index (χ0v) is 20.5. The second kappa shape index (κ2) is 12.1. The molecule has 0 amide bonds. The molecule has 4 rings (SSSR count). The van der Waals surface area contributed by atoms with Crippen LogP contribution in [0.3, 0.4) is 0 Å². The van der Waals surface area contributed by atoms with E-state index in [0.717, 1.165) is 69.7 Å². The molecular formula is C23H33IN6O. The highest BCUT2D eigenvalue weighted by molar-refractivity contribution is 14.0. The van der Waals surface area contributed by atoms with Crippen molar-refractivity contribution in [3.63, 3.8) is 0 Å². The van der Waals surface area contributed by atoms with E-state index in [1.807, 2.05) is 12.3 Å². The van der Waals surface area contributed by atoms with Crippen LogP contribution in [0.4, 0.5) is 11.5 Å². The van der Waals surface area contributed by atoms with E-state index >= 15 is 0 Å². The summed E-state index contributed by atoms with van der Waals surface area (Å²) in [5.74, 6) is 1.89. The molecule has 2 fully saturated rings. The van der Waals surface area contributed by atoms with Gasteiger partial charge in [0.05, 0.1) is 19.8 Å². The van der Waals surface area contributed by atoms with Crippen LogP contribution in [0.1, 0.15) is 18.9 Å². The third-order valence-electron chi connectivity index (χ3n) is 5.58. The number of para-hydroxylation sites is 1. The third kappa shape index (κ3) is 6.46. The number of guanidine groups is 1. The summed E-state index contributed by atoms with van der Waals surface area (Å²) in [4.78, 5) is 14.2. The minimum atomic E-state index is 0. The highest BCUT2D eigenvalue weighted by Gasteiger charge is 2.23. The van der Waals surface area contributed by atoms with E-state index in [1.165, 1.54) is 5.69 Å². The Hall–Kier alpha value is -2.07. The molecule has 1 atom stereocenters. The molecule has 0 saturated carbocycles. The van der Waals surface area contributed by atoms with Crippen molar-refractivity contribution in [3.05, 3.63) is 54.2 Å². The van der Waals surface area contributed by atoms with Gasteiger partial charge in [-0.1, -0.05) is 24.3 Å². The topological polar surface area (TPSA) is 65.0 Å². The highest BCUT2D eigenvalue weighted by atomic mass is 127. The van der Waals surface area contributed by atoms with Gasteiger partial charge in [-0.15, -0.1) is 24.0 Å². The van der Waals surface area contributed by atoms with Crippen LogP contribution in [0.15, 0.2) is 53.7 Å². The number of pyridine rings is 1. The fourth-order valence-corrected chi connectivity index (χ4v) is 4.04. The molecule has 1 aromatic carbocycles. The zero-order chi connectivity index (χ0) is 20.6. The number of hydrogen-bond acceptors (Lipinski definition) is 5. The summed E-state index contributed by atoms with van der Waals surface area (Å²) in [7, 11) is 0. The van der Waals surface area contributed by atoms with Gasteiger partial charge in [0, 0.05) is 56.2 Å². The minimum absolute atomic E-state index is 0. The van der Waals surface area contributed by atoms with Crippen molar-refractivity contribution in [1.29, 1.82) is 0 Å². The van der Waals surface area contributed by atoms with Crippen molar-refractivity contribution in [2.45, 2.75) is 25.9 Å². The summed E-state index contributed by atoms with van der Waals surface area (Å²) in [6.07, 6.45) is 2.96. The first-order valence-electron chi connectivity index (χ1n) is 10.9. The van der Waals surface area contributed by atoms with Crippen LogP contribution >= 0.6 is 24.0 Å². The fourth-order valence-electron chi connectivity index (χ4n) is 4.04. The second-order valence-electron chi connectivity index (χ2n) is 7.69. The molecule has 1 unspecified atom stereocenters. The van der Waals surface area contributed by atoms with Crippen LogP contribution < -0.4 is 20.4 Å². The molecule has 3 heterocycles. The van der Waals surface area contributed by atoms with Gasteiger partial charge in [0.15, 0.2) is 5.96 Å². The van der Waals surface area contributed by atoms with Gasteiger partial charge in [-0.2, -0.15) is 0 Å². The van der Waals surface area contributed by atoms with Gasteiger partial charge in [-0.25, -0.2) is 9.98 Å². The Bertz CT molecular complexity index is 828. The number of rotatable bonds is 6. The third-order valence-corrected chi connectivity index (χ3v) is 5.58. The molecule has 2 N–H and O–H groups in total. The van der Waals surface area contributed by atoms with Crippen LogP contribution in [-0.2, 0) is 11.3 Å². The molecule has 2 aliphatic rings. The molecule has 2 aromatic rings. The van der Waals surface area contributed by atoms with Crippen LogP contribution in [-0.4, -0.2) is 62.9 Å². The first-order chi connectivity index (χ1) is 14.8.